The molecule has 0 aromatic rings. The molecule has 0 aliphatic carbocycles. The Kier molecular flexibility index (Phi) is 11.5. The van der Waals surface area contributed by atoms with Gasteiger partial charge in [0, 0.05) is 13.3 Å². The van der Waals surface area contributed by atoms with Gasteiger partial charge in [-0.2, -0.15) is 0 Å². The molecule has 3 amide bonds. The molecule has 0 saturated carbocycles. The van der Waals surface area contributed by atoms with Crippen molar-refractivity contribution in [2.45, 2.75) is 76.3 Å². The van der Waals surface area contributed by atoms with E-state index in [-0.39, 0.29) is 6.42 Å². The standard InChI is InChI=1S/C20H34N4O11/c1-8(2)15(19(33)23-10(18(22)32)4-5-12(27)28)24(9(3)26)20-14(21)17(34-7-13(29)30)16(31)11(6-25)35-20/h8,10-11,14-17,20,25,31H,4-7,21H2,1-3H3,(H2,22,32)(H,23,33)(H,27,28)(H,29,30)/t10-,11-,14-,15+,16-,17-,20?/m1/s1. The zero-order valence-electron chi connectivity index (χ0n) is 19.7. The molecule has 1 saturated heterocycles. The minimum absolute atomic E-state index is 0.287. The fraction of sp³-hybridized carbons (Fsp3) is 0.750. The van der Waals surface area contributed by atoms with Gasteiger partial charge in [0.15, 0.2) is 6.23 Å². The molecule has 0 aromatic heterocycles. The lowest BCUT2D eigenvalue weighted by Crippen LogP contribution is -2.70. The SMILES string of the molecule is CC(=O)N(C1O[C@H](CO)[C@@H](O)[C@H](OCC(=O)O)[C@H]1N)[C@H](C(=O)N[C@H](CCC(=O)O)C(N)=O)C(C)C. The maximum atomic E-state index is 13.2. The van der Waals surface area contributed by atoms with Crippen LogP contribution in [0, 0.1) is 5.92 Å². The monoisotopic (exact) mass is 506 g/mol. The molecule has 0 bridgehead atoms. The van der Waals surface area contributed by atoms with Gasteiger partial charge >= 0.3 is 11.9 Å². The lowest BCUT2D eigenvalue weighted by atomic mass is 9.93. The van der Waals surface area contributed by atoms with E-state index in [1.165, 1.54) is 0 Å². The summed E-state index contributed by atoms with van der Waals surface area (Å²) in [7, 11) is 0. The predicted octanol–water partition coefficient (Wildman–Crippen LogP) is -3.43. The summed E-state index contributed by atoms with van der Waals surface area (Å²) in [5, 5.41) is 40.2. The van der Waals surface area contributed by atoms with Gasteiger partial charge in [-0.25, -0.2) is 4.79 Å². The average Bonchev–Trinajstić information content (AvgIpc) is 2.74. The van der Waals surface area contributed by atoms with Crippen LogP contribution >= 0.6 is 0 Å². The number of carboxylic acid groups (broad SMARTS) is 2. The number of aliphatic carboxylic acids is 2. The second-order valence-electron chi connectivity index (χ2n) is 8.50. The maximum Gasteiger partial charge on any atom is 0.329 e. The van der Waals surface area contributed by atoms with E-state index in [4.69, 9.17) is 31.2 Å². The van der Waals surface area contributed by atoms with Crippen molar-refractivity contribution in [3.8, 4) is 0 Å². The first-order chi connectivity index (χ1) is 16.2. The summed E-state index contributed by atoms with van der Waals surface area (Å²) in [4.78, 5) is 60.4. The van der Waals surface area contributed by atoms with Crippen molar-refractivity contribution in [3.05, 3.63) is 0 Å². The van der Waals surface area contributed by atoms with E-state index in [2.05, 4.69) is 5.32 Å². The number of hydrogen-bond acceptors (Lipinski definition) is 10. The number of aliphatic hydroxyl groups excluding tert-OH is 2. The van der Waals surface area contributed by atoms with E-state index in [1.54, 1.807) is 13.8 Å². The average molecular weight is 507 g/mol. The molecule has 1 aliphatic heterocycles. The van der Waals surface area contributed by atoms with Crippen LogP contribution in [0.1, 0.15) is 33.6 Å². The highest BCUT2D eigenvalue weighted by Gasteiger charge is 2.50. The number of hydrogen-bond donors (Lipinski definition) is 7. The summed E-state index contributed by atoms with van der Waals surface area (Å²) in [5.41, 5.74) is 11.5. The van der Waals surface area contributed by atoms with E-state index in [9.17, 15) is 34.2 Å². The number of aliphatic hydroxyl groups is 2. The number of nitrogens with two attached hydrogens (primary N) is 2. The van der Waals surface area contributed by atoms with Crippen molar-refractivity contribution in [3.63, 3.8) is 0 Å². The van der Waals surface area contributed by atoms with Crippen LogP contribution in [0.5, 0.6) is 0 Å². The first-order valence-electron chi connectivity index (χ1n) is 10.9. The molecule has 15 nitrogen and oxygen atoms in total. The molecule has 1 heterocycles. The molecule has 1 fully saturated rings. The Hall–Kier alpha value is -2.85. The van der Waals surface area contributed by atoms with Gasteiger partial charge in [0.2, 0.25) is 17.7 Å². The van der Waals surface area contributed by atoms with Crippen LogP contribution in [0.15, 0.2) is 0 Å². The highest BCUT2D eigenvalue weighted by atomic mass is 16.6. The molecule has 0 aromatic carbocycles. The first-order valence-corrected chi connectivity index (χ1v) is 10.9. The largest absolute Gasteiger partial charge is 0.481 e. The van der Waals surface area contributed by atoms with Gasteiger partial charge in [0.05, 0.1) is 12.6 Å². The number of ether oxygens (including phenoxy) is 2. The number of nitrogens with one attached hydrogen (secondary N) is 1. The van der Waals surface area contributed by atoms with Crippen LogP contribution in [0.2, 0.25) is 0 Å². The molecule has 1 unspecified atom stereocenters. The van der Waals surface area contributed by atoms with Crippen molar-refractivity contribution in [2.75, 3.05) is 13.2 Å². The molecular formula is C20H34N4O11. The van der Waals surface area contributed by atoms with Crippen molar-refractivity contribution < 1.29 is 53.9 Å². The minimum Gasteiger partial charge on any atom is -0.481 e. The second kappa shape index (κ2) is 13.3. The summed E-state index contributed by atoms with van der Waals surface area (Å²) < 4.78 is 10.8. The van der Waals surface area contributed by atoms with Crippen molar-refractivity contribution >= 4 is 29.7 Å². The van der Waals surface area contributed by atoms with E-state index in [0.29, 0.717) is 0 Å². The molecule has 1 rings (SSSR count). The van der Waals surface area contributed by atoms with Gasteiger partial charge in [-0.1, -0.05) is 13.8 Å². The number of carbonyl (C=O) groups is 5. The van der Waals surface area contributed by atoms with Gasteiger partial charge in [0.25, 0.3) is 0 Å². The van der Waals surface area contributed by atoms with Gasteiger partial charge < -0.3 is 51.6 Å². The summed E-state index contributed by atoms with van der Waals surface area (Å²) in [6.45, 7) is 2.71. The Labute approximate surface area is 201 Å². The molecule has 200 valence electrons. The number of carboxylic acids is 2. The first kappa shape index (κ1) is 30.2. The van der Waals surface area contributed by atoms with Crippen molar-refractivity contribution in [1.29, 1.82) is 0 Å². The predicted molar refractivity (Wildman–Crippen MR) is 116 cm³/mol. The van der Waals surface area contributed by atoms with E-state index in [1.807, 2.05) is 0 Å². The van der Waals surface area contributed by atoms with E-state index in [0.717, 1.165) is 11.8 Å². The summed E-state index contributed by atoms with van der Waals surface area (Å²) in [6, 6.07) is -4.00. The molecule has 1 aliphatic rings. The third-order valence-corrected chi connectivity index (χ3v) is 5.46. The second-order valence-corrected chi connectivity index (χ2v) is 8.50. The van der Waals surface area contributed by atoms with E-state index >= 15 is 0 Å². The van der Waals surface area contributed by atoms with Crippen molar-refractivity contribution in [2.24, 2.45) is 17.4 Å². The summed E-state index contributed by atoms with van der Waals surface area (Å²) in [6.07, 6.45) is -6.44. The maximum absolute atomic E-state index is 13.2. The normalized spacial score (nSPS) is 26.0. The highest BCUT2D eigenvalue weighted by molar-refractivity contribution is 5.91. The molecule has 0 radical (unpaired) electrons. The quantitative estimate of drug-likeness (QED) is 0.129. The number of carbonyl (C=O) groups excluding carboxylic acids is 3. The third kappa shape index (κ3) is 8.10. The Morgan fingerprint density at radius 1 is 1.14 bits per heavy atom. The zero-order chi connectivity index (χ0) is 27.0. The van der Waals surface area contributed by atoms with Crippen LogP contribution < -0.4 is 16.8 Å². The van der Waals surface area contributed by atoms with Crippen molar-refractivity contribution in [1.82, 2.24) is 10.2 Å². The van der Waals surface area contributed by atoms with Crippen LogP contribution in [0.25, 0.3) is 0 Å². The van der Waals surface area contributed by atoms with Gasteiger partial charge in [-0.3, -0.25) is 19.2 Å². The van der Waals surface area contributed by atoms with Crippen LogP contribution in [-0.4, -0.2) is 111 Å². The van der Waals surface area contributed by atoms with Gasteiger partial charge in [-0.15, -0.1) is 0 Å². The topological polar surface area (TPSA) is 252 Å². The van der Waals surface area contributed by atoms with Gasteiger partial charge in [-0.05, 0) is 12.3 Å². The highest BCUT2D eigenvalue weighted by Crippen LogP contribution is 2.28. The fourth-order valence-corrected chi connectivity index (χ4v) is 3.83. The Morgan fingerprint density at radius 3 is 2.17 bits per heavy atom. The van der Waals surface area contributed by atoms with Crippen LogP contribution in [-0.2, 0) is 33.4 Å². The fourth-order valence-electron chi connectivity index (χ4n) is 3.83. The third-order valence-electron chi connectivity index (χ3n) is 5.46. The minimum atomic E-state index is -1.54. The lowest BCUT2D eigenvalue weighted by Gasteiger charge is -2.48. The number of primary amides is 1. The molecule has 15 heteroatoms. The molecule has 0 spiro atoms. The molecular weight excluding hydrogens is 472 g/mol. The van der Waals surface area contributed by atoms with Crippen LogP contribution in [0.4, 0.5) is 0 Å². The van der Waals surface area contributed by atoms with E-state index < -0.39 is 97.9 Å². The number of nitrogens with zero attached hydrogens (tertiary/aromatic N) is 1. The number of rotatable bonds is 13. The summed E-state index contributed by atoms with van der Waals surface area (Å²) >= 11 is 0. The Balaban J connectivity index is 3.32. The molecule has 35 heavy (non-hydrogen) atoms. The van der Waals surface area contributed by atoms with Gasteiger partial charge in [0.1, 0.15) is 37.0 Å². The molecule has 9 N–H and O–H groups in total. The molecule has 7 atom stereocenters. The summed E-state index contributed by atoms with van der Waals surface area (Å²) in [5.74, 6) is -5.69. The smallest absolute Gasteiger partial charge is 0.329 e. The Bertz CT molecular complexity index is 793. The lowest BCUT2D eigenvalue weighted by molar-refractivity contribution is -0.241. The number of amides is 3. The van der Waals surface area contributed by atoms with Crippen LogP contribution in [0.3, 0.4) is 0 Å². The zero-order valence-corrected chi connectivity index (χ0v) is 19.7. The Morgan fingerprint density at radius 2 is 1.74 bits per heavy atom.